The molecule has 0 saturated carbocycles. The van der Waals surface area contributed by atoms with Crippen LogP contribution in [0.1, 0.15) is 19.4 Å². The molecule has 14 heavy (non-hydrogen) atoms. The third-order valence-corrected chi connectivity index (χ3v) is 2.56. The average Bonchev–Trinajstić information content (AvgIpc) is 2.48. The molecule has 0 aromatic heterocycles. The first-order chi connectivity index (χ1) is 6.60. The van der Waals surface area contributed by atoms with Crippen molar-refractivity contribution in [2.75, 3.05) is 6.54 Å². The molecule has 1 aliphatic heterocycles. The van der Waals surface area contributed by atoms with Gasteiger partial charge >= 0.3 is 0 Å². The van der Waals surface area contributed by atoms with Crippen molar-refractivity contribution in [2.45, 2.75) is 25.7 Å². The van der Waals surface area contributed by atoms with Gasteiger partial charge in [-0.1, -0.05) is 12.1 Å². The molecule has 1 N–H and O–H groups in total. The first-order valence-corrected chi connectivity index (χ1v) is 4.79. The van der Waals surface area contributed by atoms with E-state index in [0.29, 0.717) is 0 Å². The Morgan fingerprint density at radius 3 is 2.57 bits per heavy atom. The maximum Gasteiger partial charge on any atom is 0.142 e. The summed E-state index contributed by atoms with van der Waals surface area (Å²) in [6.07, 6.45) is 0.199. The van der Waals surface area contributed by atoms with E-state index in [-0.39, 0.29) is 11.9 Å². The molecule has 0 spiro atoms. The van der Waals surface area contributed by atoms with Gasteiger partial charge in [-0.3, -0.25) is 5.32 Å². The second-order valence-corrected chi connectivity index (χ2v) is 3.85. The fourth-order valence-electron chi connectivity index (χ4n) is 1.76. The molecule has 2 unspecified atom stereocenters. The SMILES string of the molecule is CC1CNC(C)(c2ccc(F)cc2)O1. The Balaban J connectivity index is 2.26. The van der Waals surface area contributed by atoms with Gasteiger partial charge in [-0.25, -0.2) is 4.39 Å². The van der Waals surface area contributed by atoms with Crippen molar-refractivity contribution in [1.29, 1.82) is 0 Å². The Labute approximate surface area is 83.1 Å². The quantitative estimate of drug-likeness (QED) is 0.740. The topological polar surface area (TPSA) is 21.3 Å². The lowest BCUT2D eigenvalue weighted by Crippen LogP contribution is -2.34. The monoisotopic (exact) mass is 195 g/mol. The van der Waals surface area contributed by atoms with Gasteiger partial charge in [0.2, 0.25) is 0 Å². The lowest BCUT2D eigenvalue weighted by molar-refractivity contribution is -0.0343. The molecule has 0 bridgehead atoms. The van der Waals surface area contributed by atoms with E-state index < -0.39 is 5.72 Å². The first-order valence-electron chi connectivity index (χ1n) is 4.79. The van der Waals surface area contributed by atoms with Crippen LogP contribution in [0.3, 0.4) is 0 Å². The Morgan fingerprint density at radius 2 is 2.07 bits per heavy atom. The highest BCUT2D eigenvalue weighted by molar-refractivity contribution is 5.22. The second-order valence-electron chi connectivity index (χ2n) is 3.85. The van der Waals surface area contributed by atoms with Crippen LogP contribution in [0.4, 0.5) is 4.39 Å². The number of rotatable bonds is 1. The number of nitrogens with one attached hydrogen (secondary N) is 1. The number of ether oxygens (including phenoxy) is 1. The van der Waals surface area contributed by atoms with Crippen LogP contribution in [-0.4, -0.2) is 12.6 Å². The summed E-state index contributed by atoms with van der Waals surface area (Å²) in [4.78, 5) is 0. The van der Waals surface area contributed by atoms with Gasteiger partial charge < -0.3 is 4.74 Å². The summed E-state index contributed by atoms with van der Waals surface area (Å²) in [7, 11) is 0. The van der Waals surface area contributed by atoms with Crippen LogP contribution < -0.4 is 5.32 Å². The fraction of sp³-hybridized carbons (Fsp3) is 0.455. The second kappa shape index (κ2) is 3.33. The van der Waals surface area contributed by atoms with Crippen LogP contribution in [0.25, 0.3) is 0 Å². The van der Waals surface area contributed by atoms with Crippen LogP contribution in [0.5, 0.6) is 0 Å². The Bertz CT molecular complexity index is 325. The van der Waals surface area contributed by atoms with Crippen molar-refractivity contribution in [3.8, 4) is 0 Å². The molecule has 2 rings (SSSR count). The zero-order chi connectivity index (χ0) is 10.2. The van der Waals surface area contributed by atoms with E-state index in [4.69, 9.17) is 4.74 Å². The molecule has 2 atom stereocenters. The number of hydrogen-bond donors (Lipinski definition) is 1. The van der Waals surface area contributed by atoms with Crippen molar-refractivity contribution in [2.24, 2.45) is 0 Å². The van der Waals surface area contributed by atoms with E-state index in [1.807, 2.05) is 13.8 Å². The molecule has 1 saturated heterocycles. The minimum Gasteiger partial charge on any atom is -0.352 e. The molecule has 3 heteroatoms. The van der Waals surface area contributed by atoms with Crippen molar-refractivity contribution in [3.05, 3.63) is 35.6 Å². The van der Waals surface area contributed by atoms with Crippen molar-refractivity contribution >= 4 is 0 Å². The van der Waals surface area contributed by atoms with Gasteiger partial charge in [-0.2, -0.15) is 0 Å². The molecule has 0 amide bonds. The lowest BCUT2D eigenvalue weighted by atomic mass is 10.1. The van der Waals surface area contributed by atoms with Crippen LogP contribution in [0, 0.1) is 5.82 Å². The zero-order valence-electron chi connectivity index (χ0n) is 8.38. The molecule has 1 aromatic carbocycles. The van der Waals surface area contributed by atoms with Gasteiger partial charge in [0.05, 0.1) is 6.10 Å². The van der Waals surface area contributed by atoms with Gasteiger partial charge in [0.1, 0.15) is 11.5 Å². The normalized spacial score (nSPS) is 32.1. The number of benzene rings is 1. The third-order valence-electron chi connectivity index (χ3n) is 2.56. The minimum absolute atomic E-state index is 0.199. The smallest absolute Gasteiger partial charge is 0.142 e. The van der Waals surface area contributed by atoms with Gasteiger partial charge in [-0.05, 0) is 31.5 Å². The molecule has 1 aliphatic rings. The molecular formula is C11H14FNO. The molecule has 1 aromatic rings. The zero-order valence-corrected chi connectivity index (χ0v) is 8.38. The first kappa shape index (κ1) is 9.62. The van der Waals surface area contributed by atoms with Gasteiger partial charge in [0.25, 0.3) is 0 Å². The third kappa shape index (κ3) is 1.65. The van der Waals surface area contributed by atoms with E-state index >= 15 is 0 Å². The summed E-state index contributed by atoms with van der Waals surface area (Å²) >= 11 is 0. The molecule has 76 valence electrons. The van der Waals surface area contributed by atoms with Crippen LogP contribution in [-0.2, 0) is 10.5 Å². The highest BCUT2D eigenvalue weighted by Gasteiger charge is 2.34. The van der Waals surface area contributed by atoms with E-state index in [2.05, 4.69) is 5.32 Å². The molecule has 2 nitrogen and oxygen atoms in total. The van der Waals surface area contributed by atoms with Crippen molar-refractivity contribution < 1.29 is 9.13 Å². The maximum absolute atomic E-state index is 12.7. The molecule has 1 heterocycles. The van der Waals surface area contributed by atoms with Crippen molar-refractivity contribution in [1.82, 2.24) is 5.32 Å². The average molecular weight is 195 g/mol. The van der Waals surface area contributed by atoms with E-state index in [9.17, 15) is 4.39 Å². The van der Waals surface area contributed by atoms with Gasteiger partial charge in [0, 0.05) is 6.54 Å². The summed E-state index contributed by atoms with van der Waals surface area (Å²) < 4.78 is 18.5. The Morgan fingerprint density at radius 1 is 1.43 bits per heavy atom. The summed E-state index contributed by atoms with van der Waals surface area (Å²) in [5, 5.41) is 3.27. The molecular weight excluding hydrogens is 181 g/mol. The summed E-state index contributed by atoms with van der Waals surface area (Å²) in [5.74, 6) is -0.219. The molecule has 1 fully saturated rings. The summed E-state index contributed by atoms with van der Waals surface area (Å²) in [6, 6.07) is 6.41. The van der Waals surface area contributed by atoms with E-state index in [0.717, 1.165) is 12.1 Å². The molecule has 0 radical (unpaired) electrons. The predicted octanol–water partition coefficient (Wildman–Crippen LogP) is 2.01. The van der Waals surface area contributed by atoms with Gasteiger partial charge in [-0.15, -0.1) is 0 Å². The number of hydrogen-bond acceptors (Lipinski definition) is 2. The fourth-order valence-corrected chi connectivity index (χ4v) is 1.76. The van der Waals surface area contributed by atoms with Crippen LogP contribution in [0.2, 0.25) is 0 Å². The maximum atomic E-state index is 12.7. The Hall–Kier alpha value is -0.930. The van der Waals surface area contributed by atoms with E-state index in [1.165, 1.54) is 12.1 Å². The van der Waals surface area contributed by atoms with E-state index in [1.54, 1.807) is 12.1 Å². The van der Waals surface area contributed by atoms with Crippen molar-refractivity contribution in [3.63, 3.8) is 0 Å². The predicted molar refractivity (Wildman–Crippen MR) is 52.3 cm³/mol. The minimum atomic E-state index is -0.465. The lowest BCUT2D eigenvalue weighted by Gasteiger charge is -2.24. The summed E-state index contributed by atoms with van der Waals surface area (Å²) in [6.45, 7) is 4.80. The highest BCUT2D eigenvalue weighted by atomic mass is 19.1. The number of halogens is 1. The van der Waals surface area contributed by atoms with Gasteiger partial charge in [0.15, 0.2) is 0 Å². The molecule has 0 aliphatic carbocycles. The summed E-state index contributed by atoms with van der Waals surface area (Å²) in [5.41, 5.74) is 0.496. The largest absolute Gasteiger partial charge is 0.352 e. The van der Waals surface area contributed by atoms with Crippen LogP contribution in [0.15, 0.2) is 24.3 Å². The standard InChI is InChI=1S/C11H14FNO/c1-8-7-13-11(2,14-8)9-3-5-10(12)6-4-9/h3-6,8,13H,7H2,1-2H3. The highest BCUT2D eigenvalue weighted by Crippen LogP contribution is 2.28. The van der Waals surface area contributed by atoms with Crippen LogP contribution >= 0.6 is 0 Å². The Kier molecular flexibility index (Phi) is 2.29.